The minimum atomic E-state index is -1.26. The number of carbonyl (C=O) groups excluding carboxylic acids is 2. The first kappa shape index (κ1) is 16.4. The Hall–Kier alpha value is -3.02. The van der Waals surface area contributed by atoms with Crippen molar-refractivity contribution >= 4 is 22.8 Å². The molecule has 0 aliphatic heterocycles. The number of hydrogen-bond acceptors (Lipinski definition) is 5. The van der Waals surface area contributed by atoms with Crippen LogP contribution in [-0.4, -0.2) is 33.4 Å². The van der Waals surface area contributed by atoms with Crippen molar-refractivity contribution in [2.24, 2.45) is 5.41 Å². The van der Waals surface area contributed by atoms with E-state index in [1.54, 1.807) is 30.8 Å². The molecule has 0 radical (unpaired) electrons. The summed E-state index contributed by atoms with van der Waals surface area (Å²) in [6.45, 7) is 3.62. The van der Waals surface area contributed by atoms with E-state index in [0.29, 0.717) is 5.56 Å². The van der Waals surface area contributed by atoms with Gasteiger partial charge in [0, 0.05) is 5.56 Å². The molecular formula is C20H19N3O3. The Labute approximate surface area is 150 Å². The SMILES string of the molecule is CCOC(=O)[C@]1(C)C[C@H](n2nc3ccccc3n2)c2ccccc2C1=O. The highest BCUT2D eigenvalue weighted by atomic mass is 16.5. The highest BCUT2D eigenvalue weighted by molar-refractivity contribution is 6.14. The van der Waals surface area contributed by atoms with Crippen molar-refractivity contribution in [1.29, 1.82) is 0 Å². The number of hydrogen-bond donors (Lipinski definition) is 0. The first-order valence-corrected chi connectivity index (χ1v) is 8.67. The molecule has 0 saturated heterocycles. The van der Waals surface area contributed by atoms with Gasteiger partial charge in [0.25, 0.3) is 0 Å². The Morgan fingerprint density at radius 1 is 1.15 bits per heavy atom. The molecule has 6 heteroatoms. The van der Waals surface area contributed by atoms with Crippen molar-refractivity contribution in [3.05, 3.63) is 59.7 Å². The molecule has 132 valence electrons. The molecule has 0 amide bonds. The summed E-state index contributed by atoms with van der Waals surface area (Å²) in [5.74, 6) is -0.708. The Morgan fingerprint density at radius 3 is 2.42 bits per heavy atom. The van der Waals surface area contributed by atoms with Crippen molar-refractivity contribution in [2.45, 2.75) is 26.3 Å². The molecule has 3 aromatic rings. The van der Waals surface area contributed by atoms with Crippen molar-refractivity contribution in [1.82, 2.24) is 15.0 Å². The summed E-state index contributed by atoms with van der Waals surface area (Å²) in [6, 6.07) is 14.6. The summed E-state index contributed by atoms with van der Waals surface area (Å²) in [5, 5.41) is 9.15. The van der Waals surface area contributed by atoms with E-state index in [2.05, 4.69) is 10.2 Å². The van der Waals surface area contributed by atoms with Crippen LogP contribution in [0.1, 0.15) is 42.2 Å². The van der Waals surface area contributed by atoms with Crippen molar-refractivity contribution in [3.63, 3.8) is 0 Å². The van der Waals surface area contributed by atoms with Crippen LogP contribution in [0.3, 0.4) is 0 Å². The Balaban J connectivity index is 1.86. The predicted molar refractivity (Wildman–Crippen MR) is 95.8 cm³/mol. The molecule has 2 atom stereocenters. The summed E-state index contributed by atoms with van der Waals surface area (Å²) >= 11 is 0. The van der Waals surface area contributed by atoms with E-state index in [-0.39, 0.29) is 24.9 Å². The molecule has 1 heterocycles. The number of ketones is 1. The van der Waals surface area contributed by atoms with Crippen molar-refractivity contribution < 1.29 is 14.3 Å². The molecule has 1 aliphatic rings. The van der Waals surface area contributed by atoms with Gasteiger partial charge < -0.3 is 4.74 Å². The number of Topliss-reactive ketones (excluding diaryl/α,β-unsaturated/α-hetero) is 1. The van der Waals surface area contributed by atoms with Crippen LogP contribution in [-0.2, 0) is 9.53 Å². The first-order valence-electron chi connectivity index (χ1n) is 8.67. The van der Waals surface area contributed by atoms with Gasteiger partial charge >= 0.3 is 5.97 Å². The van der Waals surface area contributed by atoms with Gasteiger partial charge in [0.05, 0.1) is 12.6 Å². The van der Waals surface area contributed by atoms with Gasteiger partial charge in [-0.3, -0.25) is 9.59 Å². The van der Waals surface area contributed by atoms with E-state index >= 15 is 0 Å². The van der Waals surface area contributed by atoms with Gasteiger partial charge in [-0.05, 0) is 38.0 Å². The number of ether oxygens (including phenoxy) is 1. The zero-order chi connectivity index (χ0) is 18.3. The molecule has 0 unspecified atom stereocenters. The lowest BCUT2D eigenvalue weighted by atomic mass is 9.69. The summed E-state index contributed by atoms with van der Waals surface area (Å²) < 4.78 is 5.20. The van der Waals surface area contributed by atoms with E-state index < -0.39 is 11.4 Å². The van der Waals surface area contributed by atoms with Crippen LogP contribution in [0.4, 0.5) is 0 Å². The smallest absolute Gasteiger partial charge is 0.319 e. The third-order valence-electron chi connectivity index (χ3n) is 4.97. The zero-order valence-corrected chi connectivity index (χ0v) is 14.7. The maximum absolute atomic E-state index is 13.1. The summed E-state index contributed by atoms with van der Waals surface area (Å²) in [5.41, 5.74) is 1.66. The Bertz CT molecular complexity index is 977. The topological polar surface area (TPSA) is 74.1 Å². The number of carbonyl (C=O) groups is 2. The summed E-state index contributed by atoms with van der Waals surface area (Å²) in [6.07, 6.45) is 0.267. The van der Waals surface area contributed by atoms with Gasteiger partial charge in [-0.25, -0.2) is 0 Å². The minimum Gasteiger partial charge on any atom is -0.465 e. The van der Waals surface area contributed by atoms with E-state index in [1.165, 1.54) is 0 Å². The molecule has 6 nitrogen and oxygen atoms in total. The fraction of sp³-hybridized carbons (Fsp3) is 0.300. The first-order chi connectivity index (χ1) is 12.5. The lowest BCUT2D eigenvalue weighted by Gasteiger charge is -2.35. The van der Waals surface area contributed by atoms with Gasteiger partial charge in [0.2, 0.25) is 0 Å². The van der Waals surface area contributed by atoms with Crippen molar-refractivity contribution in [2.75, 3.05) is 6.61 Å². The quantitative estimate of drug-likeness (QED) is 0.536. The second-order valence-electron chi connectivity index (χ2n) is 6.70. The number of aromatic nitrogens is 3. The fourth-order valence-electron chi connectivity index (χ4n) is 3.57. The maximum atomic E-state index is 13.1. The molecule has 1 aliphatic carbocycles. The number of fused-ring (bicyclic) bond motifs is 2. The van der Waals surface area contributed by atoms with Crippen LogP contribution >= 0.6 is 0 Å². The van der Waals surface area contributed by atoms with E-state index in [9.17, 15) is 9.59 Å². The molecule has 2 aromatic carbocycles. The highest BCUT2D eigenvalue weighted by Gasteiger charge is 2.50. The van der Waals surface area contributed by atoms with Gasteiger partial charge in [0.15, 0.2) is 5.78 Å². The molecule has 4 rings (SSSR count). The third-order valence-corrected chi connectivity index (χ3v) is 4.97. The molecule has 0 saturated carbocycles. The summed E-state index contributed by atoms with van der Waals surface area (Å²) in [7, 11) is 0. The number of benzene rings is 2. The van der Waals surface area contributed by atoms with Crippen LogP contribution < -0.4 is 0 Å². The van der Waals surface area contributed by atoms with Crippen molar-refractivity contribution in [3.8, 4) is 0 Å². The zero-order valence-electron chi connectivity index (χ0n) is 14.7. The Kier molecular flexibility index (Phi) is 3.83. The molecule has 0 bridgehead atoms. The minimum absolute atomic E-state index is 0.209. The second-order valence-corrected chi connectivity index (χ2v) is 6.70. The summed E-state index contributed by atoms with van der Waals surface area (Å²) in [4.78, 5) is 27.3. The van der Waals surface area contributed by atoms with Gasteiger partial charge in [-0.2, -0.15) is 15.0 Å². The van der Waals surface area contributed by atoms with Gasteiger partial charge in [-0.15, -0.1) is 0 Å². The number of nitrogens with zero attached hydrogens (tertiary/aromatic N) is 3. The molecule has 0 spiro atoms. The maximum Gasteiger partial charge on any atom is 0.319 e. The van der Waals surface area contributed by atoms with Crippen LogP contribution in [0.2, 0.25) is 0 Å². The van der Waals surface area contributed by atoms with E-state index in [4.69, 9.17) is 4.74 Å². The van der Waals surface area contributed by atoms with Gasteiger partial charge in [0.1, 0.15) is 16.4 Å². The molecule has 1 aromatic heterocycles. The standard InChI is InChI=1S/C20H19N3O3/c1-3-26-19(25)20(2)12-17(13-8-4-5-9-14(13)18(20)24)23-21-15-10-6-7-11-16(15)22-23/h4-11,17H,3,12H2,1-2H3/t17-,20+/m0/s1. The average Bonchev–Trinajstić information content (AvgIpc) is 3.09. The fourth-order valence-corrected chi connectivity index (χ4v) is 3.57. The monoisotopic (exact) mass is 349 g/mol. The second kappa shape index (κ2) is 6.05. The highest BCUT2D eigenvalue weighted by Crippen LogP contribution is 2.43. The molecule has 0 N–H and O–H groups in total. The lowest BCUT2D eigenvalue weighted by Crippen LogP contribution is -2.44. The molecule has 0 fully saturated rings. The van der Waals surface area contributed by atoms with Crippen LogP contribution in [0, 0.1) is 5.41 Å². The largest absolute Gasteiger partial charge is 0.465 e. The van der Waals surface area contributed by atoms with Crippen LogP contribution in [0.25, 0.3) is 11.0 Å². The molecular weight excluding hydrogens is 330 g/mol. The van der Waals surface area contributed by atoms with Gasteiger partial charge in [-0.1, -0.05) is 36.4 Å². The lowest BCUT2D eigenvalue weighted by molar-refractivity contribution is -0.152. The number of esters is 1. The van der Waals surface area contributed by atoms with E-state index in [0.717, 1.165) is 16.6 Å². The van der Waals surface area contributed by atoms with Crippen LogP contribution in [0.15, 0.2) is 48.5 Å². The van der Waals surface area contributed by atoms with E-state index in [1.807, 2.05) is 36.4 Å². The third kappa shape index (κ3) is 2.41. The Morgan fingerprint density at radius 2 is 1.77 bits per heavy atom. The van der Waals surface area contributed by atoms with Crippen LogP contribution in [0.5, 0.6) is 0 Å². The molecule has 26 heavy (non-hydrogen) atoms. The average molecular weight is 349 g/mol. The normalized spacial score (nSPS) is 22.2. The number of rotatable bonds is 3. The predicted octanol–water partition coefficient (Wildman–Crippen LogP) is 3.18.